The first kappa shape index (κ1) is 20.7. The molecule has 152 valence electrons. The Morgan fingerprint density at radius 2 is 2.00 bits per heavy atom. The minimum atomic E-state index is -0.641. The van der Waals surface area contributed by atoms with Gasteiger partial charge in [0.2, 0.25) is 5.91 Å². The van der Waals surface area contributed by atoms with E-state index < -0.39 is 24.4 Å². The van der Waals surface area contributed by atoms with Crippen LogP contribution in [-0.4, -0.2) is 38.0 Å². The zero-order valence-corrected chi connectivity index (χ0v) is 16.9. The van der Waals surface area contributed by atoms with Crippen molar-refractivity contribution in [1.82, 2.24) is 0 Å². The standard InChI is InChI=1S/C21H21ClN2O5/c1-13-9-15(22)7-8-16(13)23-19(25)12-29-21(27)14-10-20(26)24(11-14)17-5-3-4-6-18(17)28-2/h3-9,14H,10-12H2,1-2H3,(H,23,25)/t14-/m1/s1. The van der Waals surface area contributed by atoms with E-state index in [-0.39, 0.29) is 18.9 Å². The SMILES string of the molecule is COc1ccccc1N1C[C@H](C(=O)OCC(=O)Nc2ccc(Cl)cc2C)CC1=O. The van der Waals surface area contributed by atoms with Gasteiger partial charge in [-0.05, 0) is 42.8 Å². The number of hydrogen-bond donors (Lipinski definition) is 1. The van der Waals surface area contributed by atoms with Gasteiger partial charge in [0, 0.05) is 23.7 Å². The fourth-order valence-electron chi connectivity index (χ4n) is 3.16. The maximum absolute atomic E-state index is 12.4. The highest BCUT2D eigenvalue weighted by Crippen LogP contribution is 2.33. The van der Waals surface area contributed by atoms with Gasteiger partial charge in [-0.25, -0.2) is 0 Å². The average molecular weight is 417 g/mol. The molecule has 0 aromatic heterocycles. The van der Waals surface area contributed by atoms with E-state index in [4.69, 9.17) is 21.1 Å². The molecule has 1 N–H and O–H groups in total. The molecule has 1 atom stereocenters. The normalized spacial score (nSPS) is 15.9. The summed E-state index contributed by atoms with van der Waals surface area (Å²) >= 11 is 5.89. The van der Waals surface area contributed by atoms with Gasteiger partial charge in [-0.2, -0.15) is 0 Å². The fourth-order valence-corrected chi connectivity index (χ4v) is 3.39. The number of benzene rings is 2. The van der Waals surface area contributed by atoms with E-state index in [1.807, 2.05) is 6.92 Å². The molecule has 1 aliphatic rings. The molecule has 2 amide bonds. The number of hydrogen-bond acceptors (Lipinski definition) is 5. The average Bonchev–Trinajstić information content (AvgIpc) is 3.09. The number of methoxy groups -OCH3 is 1. The molecule has 0 saturated carbocycles. The molecule has 1 fully saturated rings. The summed E-state index contributed by atoms with van der Waals surface area (Å²) in [7, 11) is 1.52. The second-order valence-corrected chi connectivity index (χ2v) is 7.13. The van der Waals surface area contributed by atoms with Crippen LogP contribution in [0.25, 0.3) is 0 Å². The molecule has 0 unspecified atom stereocenters. The summed E-state index contributed by atoms with van der Waals surface area (Å²) in [5.41, 5.74) is 1.99. The minimum absolute atomic E-state index is 0.0226. The highest BCUT2D eigenvalue weighted by molar-refractivity contribution is 6.30. The van der Waals surface area contributed by atoms with Gasteiger partial charge in [-0.1, -0.05) is 23.7 Å². The largest absolute Gasteiger partial charge is 0.495 e. The van der Waals surface area contributed by atoms with Crippen LogP contribution in [0.15, 0.2) is 42.5 Å². The highest BCUT2D eigenvalue weighted by Gasteiger charge is 2.37. The third-order valence-electron chi connectivity index (χ3n) is 4.64. The van der Waals surface area contributed by atoms with Crippen molar-refractivity contribution in [1.29, 1.82) is 0 Å². The number of aryl methyl sites for hydroxylation is 1. The highest BCUT2D eigenvalue weighted by atomic mass is 35.5. The third kappa shape index (κ3) is 4.86. The summed E-state index contributed by atoms with van der Waals surface area (Å²) in [6, 6.07) is 12.2. The van der Waals surface area contributed by atoms with Crippen LogP contribution in [-0.2, 0) is 19.1 Å². The zero-order valence-electron chi connectivity index (χ0n) is 16.1. The first-order valence-electron chi connectivity index (χ1n) is 9.05. The van der Waals surface area contributed by atoms with Gasteiger partial charge in [0.25, 0.3) is 5.91 Å². The van der Waals surface area contributed by atoms with Crippen LogP contribution in [0.4, 0.5) is 11.4 Å². The number of esters is 1. The Kier molecular flexibility index (Phi) is 6.39. The first-order chi connectivity index (χ1) is 13.9. The Balaban J connectivity index is 1.56. The molecule has 7 nitrogen and oxygen atoms in total. The van der Waals surface area contributed by atoms with Crippen molar-refractivity contribution in [3.8, 4) is 5.75 Å². The Bertz CT molecular complexity index is 946. The molecule has 2 aromatic carbocycles. The monoisotopic (exact) mass is 416 g/mol. The lowest BCUT2D eigenvalue weighted by atomic mass is 10.1. The summed E-state index contributed by atoms with van der Waals surface area (Å²) in [6.07, 6.45) is 0.0226. The van der Waals surface area contributed by atoms with E-state index in [1.54, 1.807) is 42.5 Å². The van der Waals surface area contributed by atoms with Gasteiger partial charge in [-0.3, -0.25) is 14.4 Å². The molecule has 0 aliphatic carbocycles. The Labute approximate surface area is 173 Å². The number of anilines is 2. The summed E-state index contributed by atoms with van der Waals surface area (Å²) in [5, 5.41) is 3.24. The lowest BCUT2D eigenvalue weighted by molar-refractivity contribution is -0.151. The molecule has 0 spiro atoms. The van der Waals surface area contributed by atoms with Gasteiger partial charge in [0.15, 0.2) is 6.61 Å². The molecule has 2 aromatic rings. The van der Waals surface area contributed by atoms with E-state index in [0.29, 0.717) is 22.1 Å². The van der Waals surface area contributed by atoms with Gasteiger partial charge in [0.05, 0.1) is 18.7 Å². The van der Waals surface area contributed by atoms with Gasteiger partial charge >= 0.3 is 5.97 Å². The topological polar surface area (TPSA) is 84.9 Å². The van der Waals surface area contributed by atoms with E-state index >= 15 is 0 Å². The van der Waals surface area contributed by atoms with Crippen molar-refractivity contribution in [2.24, 2.45) is 5.92 Å². The van der Waals surface area contributed by atoms with Crippen molar-refractivity contribution in [2.75, 3.05) is 30.5 Å². The number of amides is 2. The first-order valence-corrected chi connectivity index (χ1v) is 9.43. The minimum Gasteiger partial charge on any atom is -0.495 e. The van der Waals surface area contributed by atoms with Crippen LogP contribution in [0, 0.1) is 12.8 Å². The van der Waals surface area contributed by atoms with E-state index in [9.17, 15) is 14.4 Å². The maximum Gasteiger partial charge on any atom is 0.311 e. The molecule has 0 radical (unpaired) electrons. The summed E-state index contributed by atoms with van der Waals surface area (Å²) in [4.78, 5) is 38.3. The molecule has 8 heteroatoms. The molecule has 1 aliphatic heterocycles. The van der Waals surface area contributed by atoms with Gasteiger partial charge in [-0.15, -0.1) is 0 Å². The number of nitrogens with zero attached hydrogens (tertiary/aromatic N) is 1. The zero-order chi connectivity index (χ0) is 21.0. The van der Waals surface area contributed by atoms with Crippen molar-refractivity contribution >= 4 is 40.8 Å². The molecule has 29 heavy (non-hydrogen) atoms. The number of para-hydroxylation sites is 2. The smallest absolute Gasteiger partial charge is 0.311 e. The second kappa shape index (κ2) is 8.96. The van der Waals surface area contributed by atoms with Crippen LogP contribution in [0.5, 0.6) is 5.75 Å². The van der Waals surface area contributed by atoms with Crippen LogP contribution in [0.1, 0.15) is 12.0 Å². The number of halogens is 1. The Morgan fingerprint density at radius 1 is 1.24 bits per heavy atom. The van der Waals surface area contributed by atoms with E-state index in [0.717, 1.165) is 5.56 Å². The molecule has 1 saturated heterocycles. The van der Waals surface area contributed by atoms with Crippen molar-refractivity contribution in [3.05, 3.63) is 53.1 Å². The molecular weight excluding hydrogens is 396 g/mol. The van der Waals surface area contributed by atoms with Crippen LogP contribution in [0.3, 0.4) is 0 Å². The number of rotatable bonds is 6. The Hall–Kier alpha value is -3.06. The number of carbonyl (C=O) groups excluding carboxylic acids is 3. The van der Waals surface area contributed by atoms with E-state index in [1.165, 1.54) is 12.0 Å². The summed E-state index contributed by atoms with van der Waals surface area (Å²) in [6.45, 7) is 1.56. The van der Waals surface area contributed by atoms with Crippen molar-refractivity contribution in [2.45, 2.75) is 13.3 Å². The lowest BCUT2D eigenvalue weighted by Crippen LogP contribution is -2.28. The van der Waals surface area contributed by atoms with Crippen molar-refractivity contribution in [3.63, 3.8) is 0 Å². The summed E-state index contributed by atoms with van der Waals surface area (Å²) in [5.74, 6) is -1.34. The van der Waals surface area contributed by atoms with Gasteiger partial charge in [0.1, 0.15) is 5.75 Å². The van der Waals surface area contributed by atoms with Gasteiger partial charge < -0.3 is 19.7 Å². The number of carbonyl (C=O) groups is 3. The number of ether oxygens (including phenoxy) is 2. The predicted molar refractivity (Wildman–Crippen MR) is 109 cm³/mol. The third-order valence-corrected chi connectivity index (χ3v) is 4.88. The summed E-state index contributed by atoms with van der Waals surface area (Å²) < 4.78 is 10.4. The van der Waals surface area contributed by atoms with E-state index in [2.05, 4.69) is 5.32 Å². The van der Waals surface area contributed by atoms with Crippen molar-refractivity contribution < 1.29 is 23.9 Å². The molecular formula is C21H21ClN2O5. The Morgan fingerprint density at radius 3 is 2.72 bits per heavy atom. The predicted octanol–water partition coefficient (Wildman–Crippen LogP) is 3.19. The maximum atomic E-state index is 12.4. The number of nitrogens with one attached hydrogen (secondary N) is 1. The second-order valence-electron chi connectivity index (χ2n) is 6.69. The molecule has 1 heterocycles. The van der Waals surface area contributed by atoms with Crippen LogP contribution >= 0.6 is 11.6 Å². The van der Waals surface area contributed by atoms with Crippen LogP contribution < -0.4 is 15.0 Å². The van der Waals surface area contributed by atoms with Crippen LogP contribution in [0.2, 0.25) is 5.02 Å². The quantitative estimate of drug-likeness (QED) is 0.731. The fraction of sp³-hybridized carbons (Fsp3) is 0.286. The molecule has 0 bridgehead atoms. The molecule has 3 rings (SSSR count). The lowest BCUT2D eigenvalue weighted by Gasteiger charge is -2.19.